The summed E-state index contributed by atoms with van der Waals surface area (Å²) in [4.78, 5) is 13.8. The van der Waals surface area contributed by atoms with Gasteiger partial charge in [-0.25, -0.2) is 0 Å². The van der Waals surface area contributed by atoms with Crippen molar-refractivity contribution in [1.82, 2.24) is 4.90 Å². The molecule has 19 heavy (non-hydrogen) atoms. The average molecular weight is 329 g/mol. The number of carbonyl (C=O) groups excluding carboxylic acids is 1. The molecule has 104 valence electrons. The summed E-state index contributed by atoms with van der Waals surface area (Å²) >= 11 is 3.41. The molecular formula is C13H17BrN2O3. The van der Waals surface area contributed by atoms with Crippen molar-refractivity contribution in [1.29, 1.82) is 0 Å². The van der Waals surface area contributed by atoms with E-state index in [0.717, 1.165) is 15.9 Å². The Morgan fingerprint density at radius 2 is 2.16 bits per heavy atom. The van der Waals surface area contributed by atoms with Crippen LogP contribution in [0.15, 0.2) is 22.7 Å². The van der Waals surface area contributed by atoms with E-state index in [1.54, 1.807) is 7.11 Å². The first-order valence-corrected chi connectivity index (χ1v) is 6.92. The third kappa shape index (κ3) is 4.11. The van der Waals surface area contributed by atoms with E-state index in [4.69, 9.17) is 9.47 Å². The van der Waals surface area contributed by atoms with E-state index in [2.05, 4.69) is 21.2 Å². The monoisotopic (exact) mass is 328 g/mol. The van der Waals surface area contributed by atoms with Gasteiger partial charge in [-0.15, -0.1) is 0 Å². The summed E-state index contributed by atoms with van der Waals surface area (Å²) in [7, 11) is 1.62. The van der Waals surface area contributed by atoms with Crippen LogP contribution in [-0.2, 0) is 9.53 Å². The van der Waals surface area contributed by atoms with Gasteiger partial charge in [0.15, 0.2) is 0 Å². The number of hydrogen-bond donors (Lipinski definition) is 1. The Labute approximate surface area is 121 Å². The number of ether oxygens (including phenoxy) is 2. The average Bonchev–Trinajstić information content (AvgIpc) is 2.45. The summed E-state index contributed by atoms with van der Waals surface area (Å²) in [5, 5.41) is 3.12. The molecule has 5 nitrogen and oxygen atoms in total. The van der Waals surface area contributed by atoms with Crippen LogP contribution in [0.3, 0.4) is 0 Å². The number of rotatable bonds is 4. The van der Waals surface area contributed by atoms with Crippen molar-refractivity contribution in [3.63, 3.8) is 0 Å². The lowest BCUT2D eigenvalue weighted by Crippen LogP contribution is -2.43. The summed E-state index contributed by atoms with van der Waals surface area (Å²) in [6, 6.07) is 5.64. The summed E-state index contributed by atoms with van der Waals surface area (Å²) in [5.41, 5.74) is 0.854. The van der Waals surface area contributed by atoms with Crippen LogP contribution in [0.25, 0.3) is 0 Å². The minimum Gasteiger partial charge on any atom is -0.497 e. The van der Waals surface area contributed by atoms with E-state index in [0.29, 0.717) is 26.3 Å². The van der Waals surface area contributed by atoms with E-state index in [-0.39, 0.29) is 12.5 Å². The molecule has 1 aromatic rings. The van der Waals surface area contributed by atoms with Crippen LogP contribution in [0.1, 0.15) is 0 Å². The molecule has 1 aromatic carbocycles. The molecule has 1 saturated heterocycles. The molecule has 1 fully saturated rings. The minimum atomic E-state index is 0.0854. The molecule has 0 spiro atoms. The second-order valence-corrected chi connectivity index (χ2v) is 5.14. The zero-order valence-electron chi connectivity index (χ0n) is 10.8. The molecule has 0 atom stereocenters. The van der Waals surface area contributed by atoms with Crippen LogP contribution in [-0.4, -0.2) is 50.8 Å². The van der Waals surface area contributed by atoms with Crippen molar-refractivity contribution < 1.29 is 14.3 Å². The normalized spacial score (nSPS) is 15.2. The lowest BCUT2D eigenvalue weighted by Gasteiger charge is -2.27. The lowest BCUT2D eigenvalue weighted by molar-refractivity contribution is -0.133. The number of halogens is 1. The fourth-order valence-corrected chi connectivity index (χ4v) is 2.36. The predicted molar refractivity (Wildman–Crippen MR) is 76.6 cm³/mol. The molecule has 0 bridgehead atoms. The van der Waals surface area contributed by atoms with Gasteiger partial charge >= 0.3 is 0 Å². The zero-order chi connectivity index (χ0) is 13.7. The first kappa shape index (κ1) is 14.1. The second kappa shape index (κ2) is 6.77. The quantitative estimate of drug-likeness (QED) is 0.914. The number of morpholine rings is 1. The molecule has 2 rings (SSSR count). The highest BCUT2D eigenvalue weighted by Gasteiger charge is 2.16. The number of hydrogen-bond acceptors (Lipinski definition) is 4. The van der Waals surface area contributed by atoms with Gasteiger partial charge in [-0.2, -0.15) is 0 Å². The van der Waals surface area contributed by atoms with Gasteiger partial charge in [0.05, 0.1) is 26.9 Å². The van der Waals surface area contributed by atoms with Crippen LogP contribution < -0.4 is 10.1 Å². The molecule has 1 aliphatic rings. The van der Waals surface area contributed by atoms with Gasteiger partial charge in [-0.3, -0.25) is 4.79 Å². The first-order valence-electron chi connectivity index (χ1n) is 6.13. The molecule has 1 amide bonds. The molecular weight excluding hydrogens is 312 g/mol. The second-order valence-electron chi connectivity index (χ2n) is 4.23. The number of carbonyl (C=O) groups is 1. The van der Waals surface area contributed by atoms with Crippen LogP contribution in [0.2, 0.25) is 0 Å². The van der Waals surface area contributed by atoms with Gasteiger partial charge in [0.1, 0.15) is 5.75 Å². The third-order valence-corrected chi connectivity index (χ3v) is 3.37. The number of amides is 1. The minimum absolute atomic E-state index is 0.0854. The van der Waals surface area contributed by atoms with Crippen molar-refractivity contribution in [3.8, 4) is 5.75 Å². The molecule has 1 heterocycles. The highest BCUT2D eigenvalue weighted by molar-refractivity contribution is 9.10. The predicted octanol–water partition coefficient (Wildman–Crippen LogP) is 1.73. The fraction of sp³-hybridized carbons (Fsp3) is 0.462. The van der Waals surface area contributed by atoms with Crippen LogP contribution in [0, 0.1) is 0 Å². The summed E-state index contributed by atoms with van der Waals surface area (Å²) in [6.45, 7) is 2.86. The smallest absolute Gasteiger partial charge is 0.242 e. The largest absolute Gasteiger partial charge is 0.497 e. The standard InChI is InChI=1S/C13H17BrN2O3/c1-18-12-7-10(14)6-11(8-12)15-9-13(17)16-2-4-19-5-3-16/h6-8,15H,2-5,9H2,1H3. The van der Waals surface area contributed by atoms with E-state index in [1.165, 1.54) is 0 Å². The van der Waals surface area contributed by atoms with Crippen molar-refractivity contribution in [2.24, 2.45) is 0 Å². The number of anilines is 1. The van der Waals surface area contributed by atoms with Gasteiger partial charge in [0, 0.05) is 29.3 Å². The number of methoxy groups -OCH3 is 1. The van der Waals surface area contributed by atoms with E-state index >= 15 is 0 Å². The maximum Gasteiger partial charge on any atom is 0.242 e. The maximum absolute atomic E-state index is 12.0. The zero-order valence-corrected chi connectivity index (χ0v) is 12.4. The Morgan fingerprint density at radius 1 is 1.42 bits per heavy atom. The van der Waals surface area contributed by atoms with Gasteiger partial charge in [0.2, 0.25) is 5.91 Å². The van der Waals surface area contributed by atoms with Gasteiger partial charge in [-0.05, 0) is 12.1 Å². The van der Waals surface area contributed by atoms with Crippen molar-refractivity contribution in [2.45, 2.75) is 0 Å². The van der Waals surface area contributed by atoms with E-state index < -0.39 is 0 Å². The molecule has 6 heteroatoms. The number of nitrogens with one attached hydrogen (secondary N) is 1. The molecule has 0 unspecified atom stereocenters. The van der Waals surface area contributed by atoms with E-state index in [9.17, 15) is 4.79 Å². The highest BCUT2D eigenvalue weighted by atomic mass is 79.9. The summed E-state index contributed by atoms with van der Waals surface area (Å²) in [6.07, 6.45) is 0. The molecule has 0 saturated carbocycles. The molecule has 0 radical (unpaired) electrons. The van der Waals surface area contributed by atoms with Crippen LogP contribution in [0.4, 0.5) is 5.69 Å². The highest BCUT2D eigenvalue weighted by Crippen LogP contribution is 2.24. The van der Waals surface area contributed by atoms with Gasteiger partial charge < -0.3 is 19.7 Å². The Kier molecular flexibility index (Phi) is 5.04. The summed E-state index contributed by atoms with van der Waals surface area (Å²) in [5.74, 6) is 0.831. The Hall–Kier alpha value is -1.27. The first-order chi connectivity index (χ1) is 9.19. The van der Waals surface area contributed by atoms with Crippen molar-refractivity contribution in [2.75, 3.05) is 45.3 Å². The van der Waals surface area contributed by atoms with Crippen LogP contribution in [0.5, 0.6) is 5.75 Å². The maximum atomic E-state index is 12.0. The van der Waals surface area contributed by atoms with Gasteiger partial charge in [-0.1, -0.05) is 15.9 Å². The molecule has 1 N–H and O–H groups in total. The Bertz CT molecular complexity index is 448. The van der Waals surface area contributed by atoms with E-state index in [1.807, 2.05) is 23.1 Å². The Morgan fingerprint density at radius 3 is 2.84 bits per heavy atom. The Balaban J connectivity index is 1.90. The molecule has 0 aromatic heterocycles. The molecule has 0 aliphatic carbocycles. The van der Waals surface area contributed by atoms with Crippen molar-refractivity contribution in [3.05, 3.63) is 22.7 Å². The van der Waals surface area contributed by atoms with Crippen LogP contribution >= 0.6 is 15.9 Å². The molecule has 1 aliphatic heterocycles. The number of benzene rings is 1. The fourth-order valence-electron chi connectivity index (χ4n) is 1.88. The third-order valence-electron chi connectivity index (χ3n) is 2.91. The lowest BCUT2D eigenvalue weighted by atomic mass is 10.3. The van der Waals surface area contributed by atoms with Gasteiger partial charge in [0.25, 0.3) is 0 Å². The SMILES string of the molecule is COc1cc(Br)cc(NCC(=O)N2CCOCC2)c1. The summed E-state index contributed by atoms with van der Waals surface area (Å²) < 4.78 is 11.3. The number of nitrogens with zero attached hydrogens (tertiary/aromatic N) is 1. The topological polar surface area (TPSA) is 50.8 Å². The van der Waals surface area contributed by atoms with Crippen molar-refractivity contribution >= 4 is 27.5 Å².